The lowest BCUT2D eigenvalue weighted by molar-refractivity contribution is -0.126. The van der Waals surface area contributed by atoms with Crippen molar-refractivity contribution < 1.29 is 14.3 Å². The van der Waals surface area contributed by atoms with Crippen molar-refractivity contribution in [1.29, 1.82) is 0 Å². The first-order chi connectivity index (χ1) is 12.0. The number of thiocarbonyl (C=S) groups is 1. The number of fused-ring (bicyclic) bond motifs is 1. The van der Waals surface area contributed by atoms with Gasteiger partial charge in [-0.05, 0) is 30.8 Å². The third-order valence-corrected chi connectivity index (χ3v) is 5.17. The van der Waals surface area contributed by atoms with E-state index < -0.39 is 5.25 Å². The zero-order valence-electron chi connectivity index (χ0n) is 14.2. The molecule has 1 aromatic rings. The average molecular weight is 383 g/mol. The Morgan fingerprint density at radius 1 is 1.44 bits per heavy atom. The van der Waals surface area contributed by atoms with Gasteiger partial charge in [-0.3, -0.25) is 20.0 Å². The van der Waals surface area contributed by atoms with Crippen molar-refractivity contribution in [3.05, 3.63) is 24.3 Å². The van der Waals surface area contributed by atoms with E-state index in [1.807, 2.05) is 24.3 Å². The Hall–Kier alpha value is -1.84. The summed E-state index contributed by atoms with van der Waals surface area (Å²) in [6, 6.07) is 7.54. The molecule has 3 N–H and O–H groups in total. The molecule has 0 saturated heterocycles. The van der Waals surface area contributed by atoms with E-state index in [1.165, 1.54) is 16.8 Å². The van der Waals surface area contributed by atoms with Crippen LogP contribution in [-0.2, 0) is 14.3 Å². The quantitative estimate of drug-likeness (QED) is 0.389. The van der Waals surface area contributed by atoms with Crippen molar-refractivity contribution in [3.63, 3.8) is 0 Å². The van der Waals surface area contributed by atoms with Gasteiger partial charge in [-0.15, -0.1) is 11.8 Å². The first-order valence-electron chi connectivity index (χ1n) is 7.87. The summed E-state index contributed by atoms with van der Waals surface area (Å²) in [5.74, 6) is -0.433. The molecule has 0 saturated carbocycles. The summed E-state index contributed by atoms with van der Waals surface area (Å²) in [4.78, 5) is 25.3. The molecule has 1 aromatic carbocycles. The van der Waals surface area contributed by atoms with E-state index in [0.29, 0.717) is 18.3 Å². The summed E-state index contributed by atoms with van der Waals surface area (Å²) in [5, 5.41) is 7.25. The lowest BCUT2D eigenvalue weighted by Gasteiger charge is -2.25. The molecule has 0 bridgehead atoms. The highest BCUT2D eigenvalue weighted by Crippen LogP contribution is 2.36. The van der Waals surface area contributed by atoms with Gasteiger partial charge < -0.3 is 15.4 Å². The zero-order valence-corrected chi connectivity index (χ0v) is 15.8. The van der Waals surface area contributed by atoms with E-state index in [2.05, 4.69) is 16.1 Å². The number of thioether (sulfide) groups is 1. The van der Waals surface area contributed by atoms with Crippen molar-refractivity contribution in [1.82, 2.24) is 15.8 Å². The van der Waals surface area contributed by atoms with Crippen LogP contribution in [0, 0.1) is 0 Å². The third-order valence-electron chi connectivity index (χ3n) is 3.48. The fraction of sp³-hybridized carbons (Fsp3) is 0.438. The summed E-state index contributed by atoms with van der Waals surface area (Å²) in [6.07, 6.45) is 0.887. The predicted octanol–water partition coefficient (Wildman–Crippen LogP) is 1.36. The minimum Gasteiger partial charge on any atom is -0.385 e. The lowest BCUT2D eigenvalue weighted by atomic mass is 10.2. The van der Waals surface area contributed by atoms with Crippen LogP contribution in [0.5, 0.6) is 0 Å². The Morgan fingerprint density at radius 3 is 2.96 bits per heavy atom. The number of carbonyl (C=O) groups excluding carboxylic acids is 2. The molecule has 1 aliphatic heterocycles. The van der Waals surface area contributed by atoms with Gasteiger partial charge in [0.1, 0.15) is 0 Å². The standard InChI is InChI=1S/C16H22N4O3S2/c1-20(16(24)17-8-5-9-23-2)19-14(21)10-13-15(22)18-11-6-3-4-7-12(11)25-13/h3-4,6-7,13H,5,8-10H2,1-2H3,(H,17,24)(H,18,22)(H,19,21)/t13-/m1/s1. The van der Waals surface area contributed by atoms with E-state index >= 15 is 0 Å². The summed E-state index contributed by atoms with van der Waals surface area (Å²) < 4.78 is 4.96. The summed E-state index contributed by atoms with van der Waals surface area (Å²) in [5.41, 5.74) is 3.46. The minimum atomic E-state index is -0.466. The molecule has 2 rings (SSSR count). The molecule has 0 unspecified atom stereocenters. The molecule has 7 nitrogen and oxygen atoms in total. The van der Waals surface area contributed by atoms with Gasteiger partial charge in [0.15, 0.2) is 5.11 Å². The molecular formula is C16H22N4O3S2. The number of benzene rings is 1. The molecule has 0 fully saturated rings. The van der Waals surface area contributed by atoms with E-state index in [1.54, 1.807) is 14.2 Å². The first kappa shape index (κ1) is 19.5. The van der Waals surface area contributed by atoms with Gasteiger partial charge in [0.2, 0.25) is 11.8 Å². The highest BCUT2D eigenvalue weighted by atomic mass is 32.2. The Bertz CT molecular complexity index is 642. The molecule has 25 heavy (non-hydrogen) atoms. The number of carbonyl (C=O) groups is 2. The van der Waals surface area contributed by atoms with Gasteiger partial charge in [-0.25, -0.2) is 0 Å². The van der Waals surface area contributed by atoms with Crippen LogP contribution in [0.2, 0.25) is 0 Å². The molecule has 136 valence electrons. The van der Waals surface area contributed by atoms with Gasteiger partial charge in [0.25, 0.3) is 0 Å². The van der Waals surface area contributed by atoms with Gasteiger partial charge >= 0.3 is 0 Å². The number of ether oxygens (including phenoxy) is 1. The number of para-hydroxylation sites is 1. The van der Waals surface area contributed by atoms with Gasteiger partial charge in [0, 0.05) is 38.6 Å². The predicted molar refractivity (Wildman–Crippen MR) is 102 cm³/mol. The maximum Gasteiger partial charge on any atom is 0.240 e. The van der Waals surface area contributed by atoms with Crippen molar-refractivity contribution >= 4 is 46.6 Å². The second kappa shape index (κ2) is 9.59. The largest absolute Gasteiger partial charge is 0.385 e. The number of amides is 2. The first-order valence-corrected chi connectivity index (χ1v) is 9.16. The van der Waals surface area contributed by atoms with Crippen LogP contribution in [-0.4, -0.2) is 54.5 Å². The Morgan fingerprint density at radius 2 is 2.20 bits per heavy atom. The number of nitrogens with zero attached hydrogens (tertiary/aromatic N) is 1. The molecule has 1 aliphatic rings. The maximum absolute atomic E-state index is 12.2. The smallest absolute Gasteiger partial charge is 0.240 e. The number of hydrazine groups is 1. The van der Waals surface area contributed by atoms with Crippen LogP contribution in [0.15, 0.2) is 29.2 Å². The number of hydrogen-bond acceptors (Lipinski definition) is 5. The van der Waals surface area contributed by atoms with Crippen LogP contribution in [0.25, 0.3) is 0 Å². The van der Waals surface area contributed by atoms with Crippen molar-refractivity contribution in [2.45, 2.75) is 23.0 Å². The van der Waals surface area contributed by atoms with Gasteiger partial charge in [0.05, 0.1) is 10.9 Å². The molecule has 0 aliphatic carbocycles. The van der Waals surface area contributed by atoms with E-state index in [-0.39, 0.29) is 18.2 Å². The number of anilines is 1. The molecule has 0 aromatic heterocycles. The normalized spacial score (nSPS) is 15.8. The van der Waals surface area contributed by atoms with Crippen molar-refractivity contribution in [2.24, 2.45) is 0 Å². The number of nitrogens with one attached hydrogen (secondary N) is 3. The van der Waals surface area contributed by atoms with Gasteiger partial charge in [-0.2, -0.15) is 0 Å². The van der Waals surface area contributed by atoms with E-state index in [9.17, 15) is 9.59 Å². The second-order valence-corrected chi connectivity index (χ2v) is 7.10. The van der Waals surface area contributed by atoms with Crippen LogP contribution < -0.4 is 16.1 Å². The molecule has 1 atom stereocenters. The Balaban J connectivity index is 1.80. The van der Waals surface area contributed by atoms with Crippen LogP contribution in [0.4, 0.5) is 5.69 Å². The van der Waals surface area contributed by atoms with Gasteiger partial charge in [-0.1, -0.05) is 12.1 Å². The minimum absolute atomic E-state index is 0.0709. The number of methoxy groups -OCH3 is 1. The highest BCUT2D eigenvalue weighted by Gasteiger charge is 2.29. The zero-order chi connectivity index (χ0) is 18.2. The monoisotopic (exact) mass is 382 g/mol. The fourth-order valence-corrected chi connectivity index (χ4v) is 3.47. The molecule has 0 spiro atoms. The fourth-order valence-electron chi connectivity index (χ4n) is 2.21. The van der Waals surface area contributed by atoms with Crippen molar-refractivity contribution in [3.8, 4) is 0 Å². The number of hydrogen-bond donors (Lipinski definition) is 3. The Labute approximate surface area is 156 Å². The van der Waals surface area contributed by atoms with E-state index in [0.717, 1.165) is 17.0 Å². The summed E-state index contributed by atoms with van der Waals surface area (Å²) in [7, 11) is 3.30. The molecular weight excluding hydrogens is 360 g/mol. The van der Waals surface area contributed by atoms with Crippen LogP contribution in [0.3, 0.4) is 0 Å². The maximum atomic E-state index is 12.2. The second-order valence-electron chi connectivity index (χ2n) is 5.47. The van der Waals surface area contributed by atoms with Crippen molar-refractivity contribution in [2.75, 3.05) is 32.6 Å². The number of rotatable bonds is 6. The molecule has 9 heteroatoms. The summed E-state index contributed by atoms with van der Waals surface area (Å²) in [6.45, 7) is 1.30. The topological polar surface area (TPSA) is 82.7 Å². The SMILES string of the molecule is COCCCNC(=S)N(C)NC(=O)C[C@H]1Sc2ccccc2NC1=O. The average Bonchev–Trinajstić information content (AvgIpc) is 2.59. The van der Waals surface area contributed by atoms with Crippen LogP contribution in [0.1, 0.15) is 12.8 Å². The Kier molecular flexibility index (Phi) is 7.48. The highest BCUT2D eigenvalue weighted by molar-refractivity contribution is 8.01. The van der Waals surface area contributed by atoms with E-state index in [4.69, 9.17) is 17.0 Å². The molecule has 1 heterocycles. The third kappa shape index (κ3) is 5.87. The molecule has 0 radical (unpaired) electrons. The lowest BCUT2D eigenvalue weighted by Crippen LogP contribution is -2.49. The summed E-state index contributed by atoms with van der Waals surface area (Å²) >= 11 is 6.59. The van der Waals surface area contributed by atoms with Crippen LogP contribution >= 0.6 is 24.0 Å². The molecule has 2 amide bonds.